The molecule has 1 N–H and O–H groups in total. The molecule has 0 bridgehead atoms. The molecule has 0 radical (unpaired) electrons. The minimum Gasteiger partial charge on any atom is -0.406 e. The number of hydrogen-bond acceptors (Lipinski definition) is 4. The zero-order chi connectivity index (χ0) is 13.1. The molecular weight excluding hydrogens is 243 g/mol. The summed E-state index contributed by atoms with van der Waals surface area (Å²) < 4.78 is 39.3. The third-order valence-corrected chi connectivity index (χ3v) is 1.80. The number of benzene rings is 1. The third kappa shape index (κ3) is 4.68. The quantitative estimate of drug-likeness (QED) is 0.655. The van der Waals surface area contributed by atoms with E-state index in [4.69, 9.17) is 0 Å². The Hall–Kier alpha value is -1.83. The summed E-state index contributed by atoms with van der Waals surface area (Å²) in [5, 5.41) is 19.5. The maximum absolute atomic E-state index is 11.9. The Kier molecular flexibility index (Phi) is 3.89. The van der Waals surface area contributed by atoms with Gasteiger partial charge in [-0.3, -0.25) is 10.1 Å². The van der Waals surface area contributed by atoms with Crippen molar-refractivity contribution in [2.24, 2.45) is 0 Å². The molecule has 5 nitrogen and oxygen atoms in total. The Morgan fingerprint density at radius 2 is 2.12 bits per heavy atom. The summed E-state index contributed by atoms with van der Waals surface area (Å²) in [5.74, 6) is -0.530. The number of nitro groups is 1. The van der Waals surface area contributed by atoms with Gasteiger partial charge in [0.25, 0.3) is 0 Å². The van der Waals surface area contributed by atoms with E-state index >= 15 is 0 Å². The molecule has 0 amide bonds. The van der Waals surface area contributed by atoms with Crippen molar-refractivity contribution in [3.63, 3.8) is 0 Å². The predicted octanol–water partition coefficient (Wildman–Crippen LogP) is 1.90. The molecule has 1 unspecified atom stereocenters. The highest BCUT2D eigenvalue weighted by Gasteiger charge is 2.31. The average molecular weight is 251 g/mol. The van der Waals surface area contributed by atoms with E-state index in [2.05, 4.69) is 4.74 Å². The van der Waals surface area contributed by atoms with Crippen molar-refractivity contribution in [2.75, 3.05) is 6.54 Å². The summed E-state index contributed by atoms with van der Waals surface area (Å²) >= 11 is 0. The molecule has 0 saturated heterocycles. The summed E-state index contributed by atoms with van der Waals surface area (Å²) in [6, 6.07) is 4.43. The first-order valence-corrected chi connectivity index (χ1v) is 4.43. The van der Waals surface area contributed by atoms with Crippen molar-refractivity contribution < 1.29 is 27.9 Å². The Morgan fingerprint density at radius 3 is 2.65 bits per heavy atom. The van der Waals surface area contributed by atoms with Crippen molar-refractivity contribution >= 4 is 0 Å². The van der Waals surface area contributed by atoms with Crippen LogP contribution in [0.1, 0.15) is 11.7 Å². The summed E-state index contributed by atoms with van der Waals surface area (Å²) in [5.41, 5.74) is -0.0107. The highest BCUT2D eigenvalue weighted by Crippen LogP contribution is 2.25. The number of aliphatic hydroxyl groups excluding tert-OH is 1. The van der Waals surface area contributed by atoms with E-state index in [1.807, 2.05) is 0 Å². The zero-order valence-corrected chi connectivity index (χ0v) is 8.35. The SMILES string of the molecule is O=[N+]([O-])CC(O)c1cccc(OC(F)(F)F)c1. The van der Waals surface area contributed by atoms with Gasteiger partial charge in [0.15, 0.2) is 0 Å². The van der Waals surface area contributed by atoms with Crippen LogP contribution in [0.4, 0.5) is 13.2 Å². The minimum atomic E-state index is -4.84. The number of halogens is 3. The van der Waals surface area contributed by atoms with Crippen LogP contribution in [-0.4, -0.2) is 22.9 Å². The number of rotatable bonds is 4. The van der Waals surface area contributed by atoms with E-state index in [-0.39, 0.29) is 5.56 Å². The van der Waals surface area contributed by atoms with E-state index in [0.717, 1.165) is 12.1 Å². The van der Waals surface area contributed by atoms with E-state index in [1.165, 1.54) is 12.1 Å². The number of alkyl halides is 3. The fourth-order valence-electron chi connectivity index (χ4n) is 1.17. The standard InChI is InChI=1S/C9H8F3NO4/c10-9(11,12)17-7-3-1-2-6(4-7)8(14)5-13(15)16/h1-4,8,14H,5H2. The molecule has 0 aliphatic carbocycles. The van der Waals surface area contributed by atoms with Gasteiger partial charge in [0.05, 0.1) is 0 Å². The fourth-order valence-corrected chi connectivity index (χ4v) is 1.17. The molecule has 0 aliphatic rings. The first-order chi connectivity index (χ1) is 7.78. The van der Waals surface area contributed by atoms with Crippen LogP contribution in [0.2, 0.25) is 0 Å². The Bertz CT molecular complexity index is 407. The largest absolute Gasteiger partial charge is 0.573 e. The number of ether oxygens (including phenoxy) is 1. The first-order valence-electron chi connectivity index (χ1n) is 4.43. The second kappa shape index (κ2) is 5.00. The average Bonchev–Trinajstić information content (AvgIpc) is 2.14. The molecule has 17 heavy (non-hydrogen) atoms. The van der Waals surface area contributed by atoms with E-state index in [9.17, 15) is 28.4 Å². The Labute approximate surface area is 93.6 Å². The lowest BCUT2D eigenvalue weighted by Gasteiger charge is -2.11. The van der Waals surface area contributed by atoms with Gasteiger partial charge in [-0.2, -0.15) is 0 Å². The Balaban J connectivity index is 2.82. The van der Waals surface area contributed by atoms with Gasteiger partial charge in [0.2, 0.25) is 6.54 Å². The number of aliphatic hydroxyl groups is 1. The van der Waals surface area contributed by atoms with E-state index in [1.54, 1.807) is 0 Å². The number of hydrogen-bond donors (Lipinski definition) is 1. The molecule has 1 atom stereocenters. The highest BCUT2D eigenvalue weighted by atomic mass is 19.4. The fraction of sp³-hybridized carbons (Fsp3) is 0.333. The van der Waals surface area contributed by atoms with Gasteiger partial charge in [-0.05, 0) is 17.7 Å². The molecule has 0 spiro atoms. The second-order valence-corrected chi connectivity index (χ2v) is 3.15. The van der Waals surface area contributed by atoms with Gasteiger partial charge in [0, 0.05) is 4.92 Å². The van der Waals surface area contributed by atoms with Crippen molar-refractivity contribution in [3.8, 4) is 5.75 Å². The second-order valence-electron chi connectivity index (χ2n) is 3.15. The maximum Gasteiger partial charge on any atom is 0.573 e. The van der Waals surface area contributed by atoms with Crippen LogP contribution in [0.25, 0.3) is 0 Å². The van der Waals surface area contributed by atoms with Crippen LogP contribution in [0.3, 0.4) is 0 Å². The monoisotopic (exact) mass is 251 g/mol. The zero-order valence-electron chi connectivity index (χ0n) is 8.35. The summed E-state index contributed by atoms with van der Waals surface area (Å²) in [7, 11) is 0. The lowest BCUT2D eigenvalue weighted by atomic mass is 10.1. The van der Waals surface area contributed by atoms with Crippen LogP contribution in [0, 0.1) is 10.1 Å². The van der Waals surface area contributed by atoms with Gasteiger partial charge >= 0.3 is 6.36 Å². The van der Waals surface area contributed by atoms with Crippen LogP contribution in [-0.2, 0) is 0 Å². The summed E-state index contributed by atoms with van der Waals surface area (Å²) in [6.07, 6.45) is -6.31. The lowest BCUT2D eigenvalue weighted by Crippen LogP contribution is -2.17. The summed E-state index contributed by atoms with van der Waals surface area (Å²) in [6.45, 7) is -0.782. The van der Waals surface area contributed by atoms with Gasteiger partial charge < -0.3 is 9.84 Å². The minimum absolute atomic E-state index is 0.0107. The highest BCUT2D eigenvalue weighted by molar-refractivity contribution is 5.30. The van der Waals surface area contributed by atoms with Crippen LogP contribution in [0.15, 0.2) is 24.3 Å². The molecule has 8 heteroatoms. The maximum atomic E-state index is 11.9. The molecule has 0 saturated carbocycles. The van der Waals surface area contributed by atoms with E-state index in [0.29, 0.717) is 0 Å². The molecular formula is C9H8F3NO4. The molecule has 1 rings (SSSR count). The smallest absolute Gasteiger partial charge is 0.406 e. The van der Waals surface area contributed by atoms with Crippen LogP contribution < -0.4 is 4.74 Å². The van der Waals surface area contributed by atoms with Crippen molar-refractivity contribution in [1.29, 1.82) is 0 Å². The normalized spacial score (nSPS) is 13.2. The van der Waals surface area contributed by atoms with Crippen molar-refractivity contribution in [2.45, 2.75) is 12.5 Å². The first kappa shape index (κ1) is 13.2. The van der Waals surface area contributed by atoms with Crippen molar-refractivity contribution in [1.82, 2.24) is 0 Å². The van der Waals surface area contributed by atoms with Gasteiger partial charge in [-0.25, -0.2) is 0 Å². The summed E-state index contributed by atoms with van der Waals surface area (Å²) in [4.78, 5) is 9.37. The lowest BCUT2D eigenvalue weighted by molar-refractivity contribution is -0.491. The van der Waals surface area contributed by atoms with Crippen LogP contribution >= 0.6 is 0 Å². The molecule has 0 aliphatic heterocycles. The van der Waals surface area contributed by atoms with Gasteiger partial charge in [-0.1, -0.05) is 12.1 Å². The molecule has 1 aromatic carbocycles. The molecule has 94 valence electrons. The van der Waals surface area contributed by atoms with E-state index < -0.39 is 29.7 Å². The topological polar surface area (TPSA) is 72.6 Å². The molecule has 0 heterocycles. The molecule has 0 fully saturated rings. The molecule has 0 aromatic heterocycles. The van der Waals surface area contributed by atoms with Crippen molar-refractivity contribution in [3.05, 3.63) is 39.9 Å². The number of nitrogens with zero attached hydrogens (tertiary/aromatic N) is 1. The Morgan fingerprint density at radius 1 is 1.47 bits per heavy atom. The van der Waals surface area contributed by atoms with Gasteiger partial charge in [0.1, 0.15) is 11.9 Å². The third-order valence-electron chi connectivity index (χ3n) is 1.80. The van der Waals surface area contributed by atoms with Gasteiger partial charge in [-0.15, -0.1) is 13.2 Å². The predicted molar refractivity (Wildman–Crippen MR) is 49.9 cm³/mol. The molecule has 1 aromatic rings. The van der Waals surface area contributed by atoms with Crippen LogP contribution in [0.5, 0.6) is 5.75 Å².